The van der Waals surface area contributed by atoms with Crippen LogP contribution in [0.2, 0.25) is 0 Å². The Balaban J connectivity index is 0.00000225. The molecule has 1 fully saturated rings. The van der Waals surface area contributed by atoms with E-state index in [-0.39, 0.29) is 24.2 Å². The summed E-state index contributed by atoms with van der Waals surface area (Å²) in [6, 6.07) is 12.8. The number of hydrogen-bond donors (Lipinski definition) is 1. The third-order valence-corrected chi connectivity index (χ3v) is 4.38. The largest absolute Gasteiger partial charge is 0.465 e. The highest BCUT2D eigenvalue weighted by atomic mass is 35.5. The van der Waals surface area contributed by atoms with Crippen LogP contribution in [0, 0.1) is 0 Å². The number of esters is 1. The molecule has 0 spiro atoms. The van der Waals surface area contributed by atoms with E-state index in [1.165, 1.54) is 13.3 Å². The zero-order chi connectivity index (χ0) is 17.1. The number of halogens is 1. The molecular formula is C18H20ClN3O3. The normalized spacial score (nSPS) is 19.2. The third-order valence-electron chi connectivity index (χ3n) is 4.38. The van der Waals surface area contributed by atoms with Gasteiger partial charge in [0.25, 0.3) is 0 Å². The van der Waals surface area contributed by atoms with E-state index in [2.05, 4.69) is 9.72 Å². The summed E-state index contributed by atoms with van der Waals surface area (Å²) in [5, 5.41) is 0. The topological polar surface area (TPSA) is 85.5 Å². The van der Waals surface area contributed by atoms with Crippen molar-refractivity contribution in [3.8, 4) is 0 Å². The van der Waals surface area contributed by atoms with Crippen LogP contribution in [0.3, 0.4) is 0 Å². The second-order valence-electron chi connectivity index (χ2n) is 5.74. The van der Waals surface area contributed by atoms with Crippen LogP contribution in [0.5, 0.6) is 0 Å². The molecule has 132 valence electrons. The van der Waals surface area contributed by atoms with Gasteiger partial charge in [-0.15, -0.1) is 12.4 Å². The number of nitrogens with two attached hydrogens (primary N) is 1. The highest BCUT2D eigenvalue weighted by molar-refractivity contribution is 5.89. The molecule has 6 nitrogen and oxygen atoms in total. The molecule has 1 amide bonds. The Kier molecular flexibility index (Phi) is 5.98. The molecule has 2 N–H and O–H groups in total. The Labute approximate surface area is 152 Å². The number of hydrogen-bond acceptors (Lipinski definition) is 5. The Hall–Kier alpha value is -2.60. The second kappa shape index (κ2) is 7.98. The fourth-order valence-corrected chi connectivity index (χ4v) is 3.25. The minimum atomic E-state index is -0.455. The van der Waals surface area contributed by atoms with Crippen LogP contribution >= 0.6 is 12.4 Å². The molecule has 0 radical (unpaired) electrons. The Bertz CT molecular complexity index is 737. The van der Waals surface area contributed by atoms with E-state index in [0.717, 1.165) is 12.0 Å². The van der Waals surface area contributed by atoms with Crippen LogP contribution in [0.1, 0.15) is 28.3 Å². The van der Waals surface area contributed by atoms with Gasteiger partial charge in [0.15, 0.2) is 0 Å². The van der Waals surface area contributed by atoms with Crippen molar-refractivity contribution in [2.45, 2.75) is 18.4 Å². The molecule has 1 saturated heterocycles. The van der Waals surface area contributed by atoms with Gasteiger partial charge in [0.1, 0.15) is 11.9 Å². The summed E-state index contributed by atoms with van der Waals surface area (Å²) in [6.45, 7) is 0.678. The molecule has 0 unspecified atom stereocenters. The fraction of sp³-hybridized carbons (Fsp3) is 0.278. The fourth-order valence-electron chi connectivity index (χ4n) is 3.25. The van der Waals surface area contributed by atoms with Gasteiger partial charge >= 0.3 is 5.97 Å². The maximum atomic E-state index is 12.1. The summed E-state index contributed by atoms with van der Waals surface area (Å²) in [6.07, 6.45) is 2.27. The van der Waals surface area contributed by atoms with Crippen LogP contribution < -0.4 is 10.6 Å². The number of rotatable bonds is 4. The first-order valence-electron chi connectivity index (χ1n) is 7.77. The maximum Gasteiger partial charge on any atom is 0.339 e. The van der Waals surface area contributed by atoms with Gasteiger partial charge in [0, 0.05) is 18.7 Å². The first-order chi connectivity index (χ1) is 11.6. The third kappa shape index (κ3) is 3.74. The molecule has 1 aromatic carbocycles. The Morgan fingerprint density at radius 1 is 1.20 bits per heavy atom. The van der Waals surface area contributed by atoms with E-state index in [4.69, 9.17) is 5.73 Å². The molecule has 1 aliphatic heterocycles. The predicted molar refractivity (Wildman–Crippen MR) is 97.0 cm³/mol. The molecule has 0 saturated carbocycles. The lowest BCUT2D eigenvalue weighted by molar-refractivity contribution is -0.119. The molecule has 0 aliphatic carbocycles. The van der Waals surface area contributed by atoms with Gasteiger partial charge in [0.05, 0.1) is 12.7 Å². The summed E-state index contributed by atoms with van der Waals surface area (Å²) in [4.78, 5) is 29.8. The number of amides is 1. The van der Waals surface area contributed by atoms with Crippen molar-refractivity contribution in [3.63, 3.8) is 0 Å². The number of methoxy groups -OCH3 is 1. The number of carbonyl (C=O) groups is 2. The molecule has 1 aliphatic rings. The quantitative estimate of drug-likeness (QED) is 0.843. The summed E-state index contributed by atoms with van der Waals surface area (Å²) in [5.74, 6) is -0.153. The number of nitrogens with zero attached hydrogens (tertiary/aromatic N) is 2. The number of aromatic nitrogens is 1. The summed E-state index contributed by atoms with van der Waals surface area (Å²) >= 11 is 0. The number of pyridine rings is 1. The Morgan fingerprint density at radius 3 is 2.48 bits per heavy atom. The summed E-state index contributed by atoms with van der Waals surface area (Å²) < 4.78 is 4.67. The average Bonchev–Trinajstić information content (AvgIpc) is 3.07. The van der Waals surface area contributed by atoms with Crippen LogP contribution in [-0.4, -0.2) is 36.6 Å². The van der Waals surface area contributed by atoms with Crippen LogP contribution in [-0.2, 0) is 9.53 Å². The van der Waals surface area contributed by atoms with E-state index < -0.39 is 12.0 Å². The van der Waals surface area contributed by atoms with E-state index >= 15 is 0 Å². The number of benzene rings is 1. The molecule has 2 heterocycles. The van der Waals surface area contributed by atoms with Crippen LogP contribution in [0.25, 0.3) is 0 Å². The van der Waals surface area contributed by atoms with Crippen molar-refractivity contribution in [1.29, 1.82) is 0 Å². The van der Waals surface area contributed by atoms with Crippen molar-refractivity contribution in [2.75, 3.05) is 18.6 Å². The highest BCUT2D eigenvalue weighted by Crippen LogP contribution is 2.35. The molecule has 2 atom stereocenters. The standard InChI is InChI=1S/C18H19N3O3.ClH/c1-24-18(23)13-7-8-15(20-11-13)21-10-9-14(16(21)17(19)22)12-5-3-2-4-6-12;/h2-8,11,14,16H,9-10H2,1H3,(H2,19,22);1H/t14-,16+;/m1./s1. The zero-order valence-corrected chi connectivity index (χ0v) is 14.6. The van der Waals surface area contributed by atoms with E-state index in [9.17, 15) is 9.59 Å². The van der Waals surface area contributed by atoms with Gasteiger partial charge in [0.2, 0.25) is 5.91 Å². The van der Waals surface area contributed by atoms with Gasteiger partial charge in [-0.2, -0.15) is 0 Å². The monoisotopic (exact) mass is 361 g/mol. The first kappa shape index (κ1) is 18.7. The van der Waals surface area contributed by atoms with Gasteiger partial charge in [-0.1, -0.05) is 30.3 Å². The molecular weight excluding hydrogens is 342 g/mol. The van der Waals surface area contributed by atoms with Crippen LogP contribution in [0.4, 0.5) is 5.82 Å². The lowest BCUT2D eigenvalue weighted by atomic mass is 9.91. The molecule has 0 bridgehead atoms. The molecule has 3 rings (SSSR count). The summed E-state index contributed by atoms with van der Waals surface area (Å²) in [5.41, 5.74) is 7.13. The van der Waals surface area contributed by atoms with Gasteiger partial charge in [-0.05, 0) is 24.1 Å². The van der Waals surface area contributed by atoms with Gasteiger partial charge in [-0.25, -0.2) is 9.78 Å². The van der Waals surface area contributed by atoms with Crippen molar-refractivity contribution in [3.05, 3.63) is 59.8 Å². The number of anilines is 1. The minimum Gasteiger partial charge on any atom is -0.465 e. The van der Waals surface area contributed by atoms with Gasteiger partial charge in [-0.3, -0.25) is 4.79 Å². The van der Waals surface area contributed by atoms with E-state index in [1.54, 1.807) is 12.1 Å². The van der Waals surface area contributed by atoms with Crippen molar-refractivity contribution < 1.29 is 14.3 Å². The van der Waals surface area contributed by atoms with Crippen molar-refractivity contribution in [2.24, 2.45) is 5.73 Å². The Morgan fingerprint density at radius 2 is 1.92 bits per heavy atom. The predicted octanol–water partition coefficient (Wildman–Crippen LogP) is 2.14. The number of carbonyl (C=O) groups excluding carboxylic acids is 2. The van der Waals surface area contributed by atoms with E-state index in [0.29, 0.717) is 17.9 Å². The lowest BCUT2D eigenvalue weighted by Crippen LogP contribution is -2.43. The highest BCUT2D eigenvalue weighted by Gasteiger charge is 2.39. The zero-order valence-electron chi connectivity index (χ0n) is 13.8. The summed E-state index contributed by atoms with van der Waals surface area (Å²) in [7, 11) is 1.32. The SMILES string of the molecule is COC(=O)c1ccc(N2CC[C@H](c3ccccc3)[C@H]2C(N)=O)nc1.Cl. The smallest absolute Gasteiger partial charge is 0.339 e. The molecule has 1 aromatic heterocycles. The average molecular weight is 362 g/mol. The number of ether oxygens (including phenoxy) is 1. The minimum absolute atomic E-state index is 0. The first-order valence-corrected chi connectivity index (χ1v) is 7.77. The molecule has 2 aromatic rings. The maximum absolute atomic E-state index is 12.1. The van der Waals surface area contributed by atoms with Gasteiger partial charge < -0.3 is 15.4 Å². The van der Waals surface area contributed by atoms with Crippen molar-refractivity contribution in [1.82, 2.24) is 4.98 Å². The van der Waals surface area contributed by atoms with Crippen LogP contribution in [0.15, 0.2) is 48.7 Å². The second-order valence-corrected chi connectivity index (χ2v) is 5.74. The van der Waals surface area contributed by atoms with Crippen molar-refractivity contribution >= 4 is 30.1 Å². The number of primary amides is 1. The lowest BCUT2D eigenvalue weighted by Gasteiger charge is -2.26. The van der Waals surface area contributed by atoms with E-state index in [1.807, 2.05) is 35.2 Å². The molecule has 25 heavy (non-hydrogen) atoms. The molecule has 7 heteroatoms.